The molecule has 2 atom stereocenters. The van der Waals surface area contributed by atoms with Gasteiger partial charge in [-0.2, -0.15) is 0 Å². The van der Waals surface area contributed by atoms with Crippen molar-refractivity contribution in [1.29, 1.82) is 0 Å². The number of benzene rings is 1. The second kappa shape index (κ2) is 6.02. The minimum Gasteiger partial charge on any atom is -0.493 e. The van der Waals surface area contributed by atoms with Crippen LogP contribution in [0.2, 0.25) is 0 Å². The average Bonchev–Trinajstić information content (AvgIpc) is 2.91. The first kappa shape index (κ1) is 16.6. The lowest BCUT2D eigenvalue weighted by molar-refractivity contribution is 0.0996. The Morgan fingerprint density at radius 3 is 2.71 bits per heavy atom. The Balaban J connectivity index is 2.20. The van der Waals surface area contributed by atoms with Crippen LogP contribution in [-0.2, 0) is 5.41 Å². The summed E-state index contributed by atoms with van der Waals surface area (Å²) in [6.45, 7) is 0.902. The summed E-state index contributed by atoms with van der Waals surface area (Å²) in [5.41, 5.74) is 7.74. The van der Waals surface area contributed by atoms with Crippen LogP contribution in [0.3, 0.4) is 0 Å². The van der Waals surface area contributed by atoms with E-state index < -0.39 is 12.0 Å². The molecule has 6 heteroatoms. The van der Waals surface area contributed by atoms with E-state index in [9.17, 15) is 9.90 Å². The fourth-order valence-corrected chi connectivity index (χ4v) is 4.03. The highest BCUT2D eigenvalue weighted by Gasteiger charge is 2.46. The van der Waals surface area contributed by atoms with Crippen LogP contribution in [0.15, 0.2) is 23.9 Å². The zero-order valence-corrected chi connectivity index (χ0v) is 14.3. The van der Waals surface area contributed by atoms with E-state index in [0.29, 0.717) is 23.5 Å². The van der Waals surface area contributed by atoms with Gasteiger partial charge >= 0.3 is 0 Å². The highest BCUT2D eigenvalue weighted by Crippen LogP contribution is 2.50. The van der Waals surface area contributed by atoms with Crippen molar-refractivity contribution in [3.63, 3.8) is 0 Å². The van der Waals surface area contributed by atoms with Gasteiger partial charge in [0.25, 0.3) is 5.91 Å². The highest BCUT2D eigenvalue weighted by molar-refractivity contribution is 5.97. The molecule has 130 valence electrons. The molecular formula is C18H24N2O4. The Morgan fingerprint density at radius 2 is 2.08 bits per heavy atom. The van der Waals surface area contributed by atoms with E-state index in [0.717, 1.165) is 30.6 Å². The number of carbonyl (C=O) groups is 1. The minimum absolute atomic E-state index is 0.224. The molecule has 0 spiro atoms. The first-order valence-electron chi connectivity index (χ1n) is 8.10. The number of aliphatic hydroxyl groups excluding tert-OH is 1. The molecule has 1 aromatic rings. The molecule has 0 saturated carbocycles. The van der Waals surface area contributed by atoms with Gasteiger partial charge in [0, 0.05) is 24.7 Å². The number of rotatable bonds is 4. The lowest BCUT2D eigenvalue weighted by atomic mass is 9.69. The molecule has 1 amide bonds. The maximum Gasteiger partial charge on any atom is 0.252 e. The van der Waals surface area contributed by atoms with E-state index in [1.807, 2.05) is 25.3 Å². The number of hydrogen-bond acceptors (Lipinski definition) is 5. The Hall–Kier alpha value is -2.21. The van der Waals surface area contributed by atoms with Gasteiger partial charge in [0.05, 0.1) is 25.9 Å². The Morgan fingerprint density at radius 1 is 1.33 bits per heavy atom. The second-order valence-electron chi connectivity index (χ2n) is 6.54. The number of hydrogen-bond donors (Lipinski definition) is 2. The zero-order valence-electron chi connectivity index (χ0n) is 14.3. The number of carbonyl (C=O) groups excluding carboxylic acids is 1. The summed E-state index contributed by atoms with van der Waals surface area (Å²) < 4.78 is 10.8. The van der Waals surface area contributed by atoms with Crippen molar-refractivity contribution < 1.29 is 19.4 Å². The van der Waals surface area contributed by atoms with Gasteiger partial charge in [0.2, 0.25) is 0 Å². The average molecular weight is 332 g/mol. The largest absolute Gasteiger partial charge is 0.493 e. The molecule has 1 heterocycles. The number of primary amides is 1. The molecule has 1 aliphatic carbocycles. The van der Waals surface area contributed by atoms with Crippen LogP contribution in [-0.4, -0.2) is 49.8 Å². The highest BCUT2D eigenvalue weighted by atomic mass is 16.5. The molecule has 3 rings (SSSR count). The maximum absolute atomic E-state index is 11.9. The van der Waals surface area contributed by atoms with Gasteiger partial charge in [-0.15, -0.1) is 0 Å². The maximum atomic E-state index is 11.9. The monoisotopic (exact) mass is 332 g/mol. The standard InChI is InChI=1S/C18H24N2O4/c1-20-7-6-18(5-4-12(21)10-15(18)20)11-8-13(17(19)22)16(24-3)14(9-11)23-2/h8-10,12,21H,4-7H2,1-3H3,(H2,19,22)/t12-,18+/m1/s1. The molecule has 1 saturated heterocycles. The Kier molecular flexibility index (Phi) is 4.17. The van der Waals surface area contributed by atoms with Gasteiger partial charge in [0.1, 0.15) is 0 Å². The molecule has 1 aliphatic heterocycles. The van der Waals surface area contributed by atoms with Gasteiger partial charge in [-0.3, -0.25) is 4.79 Å². The topological polar surface area (TPSA) is 85.0 Å². The van der Waals surface area contributed by atoms with Crippen LogP contribution in [0.4, 0.5) is 0 Å². The molecular weight excluding hydrogens is 308 g/mol. The fourth-order valence-electron chi connectivity index (χ4n) is 4.03. The van der Waals surface area contributed by atoms with Crippen molar-refractivity contribution >= 4 is 5.91 Å². The number of likely N-dealkylation sites (tertiary alicyclic amines) is 1. The molecule has 2 aliphatic rings. The van der Waals surface area contributed by atoms with Crippen molar-refractivity contribution in [3.05, 3.63) is 35.0 Å². The molecule has 24 heavy (non-hydrogen) atoms. The molecule has 6 nitrogen and oxygen atoms in total. The number of nitrogens with two attached hydrogens (primary N) is 1. The van der Waals surface area contributed by atoms with Gasteiger partial charge in [-0.25, -0.2) is 0 Å². The fraction of sp³-hybridized carbons (Fsp3) is 0.500. The Bertz CT molecular complexity index is 701. The first-order valence-corrected chi connectivity index (χ1v) is 8.10. The number of likely N-dealkylation sites (N-methyl/N-ethyl adjacent to an activating group) is 1. The van der Waals surface area contributed by atoms with Crippen molar-refractivity contribution in [2.24, 2.45) is 5.73 Å². The summed E-state index contributed by atoms with van der Waals surface area (Å²) in [5.74, 6) is 0.312. The summed E-state index contributed by atoms with van der Waals surface area (Å²) in [6.07, 6.45) is 3.94. The van der Waals surface area contributed by atoms with Crippen LogP contribution < -0.4 is 15.2 Å². The number of amides is 1. The SMILES string of the molecule is COc1cc([C@@]23CC[C@@H](O)C=C2N(C)CC3)cc(C(N)=O)c1OC. The van der Waals surface area contributed by atoms with Crippen LogP contribution in [0.1, 0.15) is 35.2 Å². The van der Waals surface area contributed by atoms with E-state index in [4.69, 9.17) is 15.2 Å². The van der Waals surface area contributed by atoms with E-state index in [1.54, 1.807) is 7.11 Å². The summed E-state index contributed by atoms with van der Waals surface area (Å²) in [4.78, 5) is 14.1. The molecule has 0 bridgehead atoms. The summed E-state index contributed by atoms with van der Waals surface area (Å²) in [6, 6.07) is 3.74. The summed E-state index contributed by atoms with van der Waals surface area (Å²) >= 11 is 0. The van der Waals surface area contributed by atoms with E-state index in [2.05, 4.69) is 4.90 Å². The predicted molar refractivity (Wildman–Crippen MR) is 90.3 cm³/mol. The van der Waals surface area contributed by atoms with Crippen molar-refractivity contribution in [3.8, 4) is 11.5 Å². The zero-order chi connectivity index (χ0) is 17.5. The molecule has 1 aromatic carbocycles. The molecule has 0 radical (unpaired) electrons. The third-order valence-corrected chi connectivity index (χ3v) is 5.29. The smallest absolute Gasteiger partial charge is 0.252 e. The number of fused-ring (bicyclic) bond motifs is 1. The Labute approximate surface area is 141 Å². The van der Waals surface area contributed by atoms with Crippen LogP contribution in [0.25, 0.3) is 0 Å². The van der Waals surface area contributed by atoms with Gasteiger partial charge in [-0.1, -0.05) is 0 Å². The molecule has 1 fully saturated rings. The number of methoxy groups -OCH3 is 2. The van der Waals surface area contributed by atoms with Crippen molar-refractivity contribution in [2.75, 3.05) is 27.8 Å². The molecule has 0 unspecified atom stereocenters. The van der Waals surface area contributed by atoms with Gasteiger partial charge in [-0.05, 0) is 43.0 Å². The van der Waals surface area contributed by atoms with Gasteiger partial charge in [0.15, 0.2) is 11.5 Å². The second-order valence-corrected chi connectivity index (χ2v) is 6.54. The normalized spacial score (nSPS) is 25.9. The van der Waals surface area contributed by atoms with Crippen LogP contribution >= 0.6 is 0 Å². The van der Waals surface area contributed by atoms with Crippen molar-refractivity contribution in [2.45, 2.75) is 30.8 Å². The van der Waals surface area contributed by atoms with E-state index in [-0.39, 0.29) is 5.41 Å². The first-order chi connectivity index (χ1) is 11.4. The van der Waals surface area contributed by atoms with E-state index in [1.165, 1.54) is 7.11 Å². The summed E-state index contributed by atoms with van der Waals surface area (Å²) in [7, 11) is 5.07. The third-order valence-electron chi connectivity index (χ3n) is 5.29. The molecule has 0 aromatic heterocycles. The number of nitrogens with zero attached hydrogens (tertiary/aromatic N) is 1. The van der Waals surface area contributed by atoms with Gasteiger partial charge < -0.3 is 25.2 Å². The van der Waals surface area contributed by atoms with Crippen molar-refractivity contribution in [1.82, 2.24) is 4.90 Å². The summed E-state index contributed by atoms with van der Waals surface area (Å²) in [5, 5.41) is 10.0. The lowest BCUT2D eigenvalue weighted by Gasteiger charge is -2.37. The number of aliphatic hydroxyl groups is 1. The third kappa shape index (κ3) is 2.41. The van der Waals surface area contributed by atoms with Crippen LogP contribution in [0, 0.1) is 0 Å². The van der Waals surface area contributed by atoms with Crippen LogP contribution in [0.5, 0.6) is 11.5 Å². The van der Waals surface area contributed by atoms with E-state index >= 15 is 0 Å². The molecule has 3 N–H and O–H groups in total. The number of ether oxygens (including phenoxy) is 2. The number of allylic oxidation sites excluding steroid dienone is 1. The quantitative estimate of drug-likeness (QED) is 0.871. The predicted octanol–water partition coefficient (Wildman–Crippen LogP) is 1.41. The lowest BCUT2D eigenvalue weighted by Crippen LogP contribution is -2.34. The minimum atomic E-state index is -0.545.